The van der Waals surface area contributed by atoms with Crippen molar-refractivity contribution in [2.24, 2.45) is 0 Å². The van der Waals surface area contributed by atoms with Crippen LogP contribution in [0.1, 0.15) is 54.2 Å². The van der Waals surface area contributed by atoms with Crippen molar-refractivity contribution in [3.05, 3.63) is 28.8 Å². The topological polar surface area (TPSA) is 12.5 Å². The molecule has 0 N–H and O–H groups in total. The lowest BCUT2D eigenvalue weighted by molar-refractivity contribution is 0.191. The van der Waals surface area contributed by atoms with E-state index in [1.54, 1.807) is 7.11 Å². The molecule has 21 heavy (non-hydrogen) atoms. The summed E-state index contributed by atoms with van der Waals surface area (Å²) < 4.78 is 5.33. The first-order valence-corrected chi connectivity index (χ1v) is 8.46. The van der Waals surface area contributed by atoms with Crippen LogP contribution >= 0.6 is 11.6 Å². The summed E-state index contributed by atoms with van der Waals surface area (Å²) in [5.41, 5.74) is 3.72. The summed E-state index contributed by atoms with van der Waals surface area (Å²) >= 11 is 6.74. The molecular weight excluding hydrogens is 282 g/mol. The van der Waals surface area contributed by atoms with Crippen LogP contribution in [0.4, 0.5) is 0 Å². The third-order valence-electron chi connectivity index (χ3n) is 4.76. The second-order valence-electron chi connectivity index (χ2n) is 6.37. The quantitative estimate of drug-likeness (QED) is 0.720. The Morgan fingerprint density at radius 1 is 1.19 bits per heavy atom. The van der Waals surface area contributed by atoms with Gasteiger partial charge in [0.1, 0.15) is 5.75 Å². The van der Waals surface area contributed by atoms with E-state index in [2.05, 4.69) is 37.9 Å². The fraction of sp³-hybridized carbons (Fsp3) is 0.667. The summed E-state index contributed by atoms with van der Waals surface area (Å²) in [5, 5.41) is 0.0443. The number of benzene rings is 1. The van der Waals surface area contributed by atoms with Crippen molar-refractivity contribution < 1.29 is 4.74 Å². The van der Waals surface area contributed by atoms with Crippen LogP contribution in [0, 0.1) is 13.8 Å². The molecular formula is C18H28ClNO. The molecule has 1 aromatic carbocycles. The Labute approximate surface area is 134 Å². The summed E-state index contributed by atoms with van der Waals surface area (Å²) in [7, 11) is 3.93. The molecule has 0 aromatic heterocycles. The summed E-state index contributed by atoms with van der Waals surface area (Å²) in [4.78, 5) is 2.46. The molecule has 2 nitrogen and oxygen atoms in total. The first-order valence-electron chi connectivity index (χ1n) is 8.02. The zero-order chi connectivity index (χ0) is 15.4. The molecule has 0 aliphatic heterocycles. The molecule has 3 heteroatoms. The molecule has 2 rings (SSSR count). The molecule has 0 radical (unpaired) electrons. The van der Waals surface area contributed by atoms with Gasteiger partial charge >= 0.3 is 0 Å². The van der Waals surface area contributed by atoms with Gasteiger partial charge in [0.25, 0.3) is 0 Å². The Balaban J connectivity index is 2.07. The fourth-order valence-corrected chi connectivity index (χ4v) is 4.12. The van der Waals surface area contributed by atoms with E-state index in [1.165, 1.54) is 48.8 Å². The zero-order valence-corrected chi connectivity index (χ0v) is 14.5. The number of hydrogen-bond acceptors (Lipinski definition) is 2. The third kappa shape index (κ3) is 4.14. The van der Waals surface area contributed by atoms with E-state index in [1.807, 2.05) is 0 Å². The standard InChI is InChI=1S/C18H28ClNO/c1-13-10-16(21-4)11-14(2)18(13)17(19)12-20(3)15-8-6-5-7-9-15/h10-11,15,17H,5-9,12H2,1-4H3. The molecule has 1 saturated carbocycles. The average Bonchev–Trinajstić information content (AvgIpc) is 2.47. The van der Waals surface area contributed by atoms with Gasteiger partial charge in [-0.2, -0.15) is 0 Å². The molecule has 1 atom stereocenters. The van der Waals surface area contributed by atoms with Crippen molar-refractivity contribution in [1.29, 1.82) is 0 Å². The highest BCUT2D eigenvalue weighted by molar-refractivity contribution is 6.21. The van der Waals surface area contributed by atoms with Crippen LogP contribution in [0.15, 0.2) is 12.1 Å². The van der Waals surface area contributed by atoms with Crippen molar-refractivity contribution in [2.75, 3.05) is 20.7 Å². The monoisotopic (exact) mass is 309 g/mol. The highest BCUT2D eigenvalue weighted by Crippen LogP contribution is 2.32. The largest absolute Gasteiger partial charge is 0.497 e. The number of aryl methyl sites for hydroxylation is 2. The van der Waals surface area contributed by atoms with Gasteiger partial charge in [-0.3, -0.25) is 0 Å². The van der Waals surface area contributed by atoms with Gasteiger partial charge in [-0.15, -0.1) is 11.6 Å². The fourth-order valence-electron chi connectivity index (χ4n) is 3.56. The molecule has 1 unspecified atom stereocenters. The Morgan fingerprint density at radius 3 is 2.29 bits per heavy atom. The molecule has 0 amide bonds. The molecule has 1 aromatic rings. The summed E-state index contributed by atoms with van der Waals surface area (Å²) in [6, 6.07) is 4.87. The van der Waals surface area contributed by atoms with E-state index in [9.17, 15) is 0 Å². The minimum absolute atomic E-state index is 0.0443. The highest BCUT2D eigenvalue weighted by Gasteiger charge is 2.22. The number of rotatable bonds is 5. The summed E-state index contributed by atoms with van der Waals surface area (Å²) in [6.07, 6.45) is 6.76. The van der Waals surface area contributed by atoms with Gasteiger partial charge < -0.3 is 9.64 Å². The molecule has 0 saturated heterocycles. The van der Waals surface area contributed by atoms with Crippen LogP contribution in [0.25, 0.3) is 0 Å². The number of methoxy groups -OCH3 is 1. The first kappa shape index (κ1) is 16.6. The number of alkyl halides is 1. The van der Waals surface area contributed by atoms with Crippen LogP contribution in [-0.2, 0) is 0 Å². The smallest absolute Gasteiger partial charge is 0.119 e. The van der Waals surface area contributed by atoms with E-state index < -0.39 is 0 Å². The van der Waals surface area contributed by atoms with Gasteiger partial charge in [-0.1, -0.05) is 19.3 Å². The van der Waals surface area contributed by atoms with Gasteiger partial charge in [-0.05, 0) is 62.6 Å². The van der Waals surface area contributed by atoms with E-state index in [4.69, 9.17) is 16.3 Å². The van der Waals surface area contributed by atoms with Gasteiger partial charge in [0.2, 0.25) is 0 Å². The first-order chi connectivity index (χ1) is 10.0. The molecule has 1 aliphatic rings. The maximum Gasteiger partial charge on any atom is 0.119 e. The van der Waals surface area contributed by atoms with Crippen molar-refractivity contribution in [3.63, 3.8) is 0 Å². The van der Waals surface area contributed by atoms with Crippen molar-refractivity contribution >= 4 is 11.6 Å². The molecule has 1 aliphatic carbocycles. The predicted octanol–water partition coefficient (Wildman–Crippen LogP) is 4.86. The van der Waals surface area contributed by atoms with E-state index in [0.29, 0.717) is 6.04 Å². The molecule has 118 valence electrons. The van der Waals surface area contributed by atoms with Crippen molar-refractivity contribution in [2.45, 2.75) is 57.4 Å². The van der Waals surface area contributed by atoms with Crippen molar-refractivity contribution in [1.82, 2.24) is 4.90 Å². The second-order valence-corrected chi connectivity index (χ2v) is 6.90. The Kier molecular flexibility index (Phi) is 5.95. The Bertz CT molecular complexity index is 445. The lowest BCUT2D eigenvalue weighted by Gasteiger charge is -2.33. The second kappa shape index (κ2) is 7.51. The maximum atomic E-state index is 6.74. The highest BCUT2D eigenvalue weighted by atomic mass is 35.5. The molecule has 0 heterocycles. The summed E-state index contributed by atoms with van der Waals surface area (Å²) in [5.74, 6) is 0.915. The van der Waals surface area contributed by atoms with Crippen LogP contribution in [0.5, 0.6) is 5.75 Å². The SMILES string of the molecule is COc1cc(C)c(C(Cl)CN(C)C2CCCCC2)c(C)c1. The van der Waals surface area contributed by atoms with Crippen LogP contribution in [-0.4, -0.2) is 31.6 Å². The van der Waals surface area contributed by atoms with E-state index in [-0.39, 0.29) is 5.38 Å². The van der Waals surface area contributed by atoms with E-state index >= 15 is 0 Å². The van der Waals surface area contributed by atoms with Crippen LogP contribution < -0.4 is 4.74 Å². The molecule has 1 fully saturated rings. The maximum absolute atomic E-state index is 6.74. The molecule has 0 bridgehead atoms. The number of nitrogens with zero attached hydrogens (tertiary/aromatic N) is 1. The predicted molar refractivity (Wildman–Crippen MR) is 90.6 cm³/mol. The number of ether oxygens (including phenoxy) is 1. The van der Waals surface area contributed by atoms with Gasteiger partial charge in [-0.25, -0.2) is 0 Å². The van der Waals surface area contributed by atoms with Crippen LogP contribution in [0.2, 0.25) is 0 Å². The minimum atomic E-state index is 0.0443. The number of hydrogen-bond donors (Lipinski definition) is 0. The van der Waals surface area contributed by atoms with Crippen molar-refractivity contribution in [3.8, 4) is 5.75 Å². The van der Waals surface area contributed by atoms with E-state index in [0.717, 1.165) is 12.3 Å². The van der Waals surface area contributed by atoms with Gasteiger partial charge in [0.05, 0.1) is 12.5 Å². The average molecular weight is 310 g/mol. The minimum Gasteiger partial charge on any atom is -0.497 e. The van der Waals surface area contributed by atoms with Gasteiger partial charge in [0, 0.05) is 12.6 Å². The number of likely N-dealkylation sites (N-methyl/N-ethyl adjacent to an activating group) is 1. The zero-order valence-electron chi connectivity index (χ0n) is 13.8. The van der Waals surface area contributed by atoms with Crippen LogP contribution in [0.3, 0.4) is 0 Å². The summed E-state index contributed by atoms with van der Waals surface area (Å²) in [6.45, 7) is 5.17. The molecule has 0 spiro atoms. The third-order valence-corrected chi connectivity index (χ3v) is 5.12. The lowest BCUT2D eigenvalue weighted by atomic mass is 9.93. The normalized spacial score (nSPS) is 18.0. The lowest BCUT2D eigenvalue weighted by Crippen LogP contribution is -2.35. The number of halogens is 1. The van der Waals surface area contributed by atoms with Gasteiger partial charge in [0.15, 0.2) is 0 Å². The Hall–Kier alpha value is -0.730. The Morgan fingerprint density at radius 2 is 1.76 bits per heavy atom.